The Kier molecular flexibility index (Phi) is 2.39. The van der Waals surface area contributed by atoms with Gasteiger partial charge in [-0.1, -0.05) is 160 Å². The highest BCUT2D eigenvalue weighted by atomic mass is 14.0. The molecule has 0 aromatic heterocycles. The second-order valence-corrected chi connectivity index (χ2v) is 2.88. The quantitative estimate of drug-likeness (QED) is 0.168. The zero-order valence-corrected chi connectivity index (χ0v) is 12.5. The molecule has 0 heterocycles. The van der Waals surface area contributed by atoms with Crippen LogP contribution in [0.1, 0.15) is 232 Å². The summed E-state index contributed by atoms with van der Waals surface area (Å²) in [6.45, 7) is -8.49. The van der Waals surface area contributed by atoms with E-state index in [1.165, 1.54) is 0 Å². The fraction of sp³-hybridized carbons (Fsp3) is 1.00. The number of hydrogen-bond acceptors (Lipinski definition) is 0. The molecule has 0 aliphatic rings. The molecule has 0 nitrogen and oxygen atoms in total. The molecule has 0 aromatic rings. The average Bonchev–Trinajstić information content (AvgIpc) is 3.18. The standard InChI is InChI=1S/C25H52/c1-3-5-7-9-11-13-15-17-19-21-23-25-24-22-20-18-16-14-12-10-8-6-4-2/h3-25H2,1-2H3/i1D3,2D3,3D2,4D2,5D2,6D2,7D2,8D2,9D2,10D2,11D2,12D2,13D2,14D2,15D2,16D2,17D2,18D2,19D2,20D2,21D2,22D2,23D2,24D2,25D2. The highest BCUT2D eigenvalue weighted by Gasteiger charge is 1.95. The molecular weight excluding hydrogens is 300 g/mol. The van der Waals surface area contributed by atoms with Gasteiger partial charge in [-0.05, 0) is 0 Å². The molecule has 0 atom stereocenters. The maximum atomic E-state index is 8.38. The van der Waals surface area contributed by atoms with Crippen molar-refractivity contribution in [1.29, 1.82) is 0 Å². The molecule has 0 saturated heterocycles. The van der Waals surface area contributed by atoms with Crippen molar-refractivity contribution in [3.8, 4) is 0 Å². The van der Waals surface area contributed by atoms with E-state index in [2.05, 4.69) is 0 Å². The first-order chi connectivity index (χ1) is 32.0. The summed E-state index contributed by atoms with van der Waals surface area (Å²) < 4.78 is 421. The van der Waals surface area contributed by atoms with Crippen LogP contribution in [-0.4, -0.2) is 0 Å². The highest BCUT2D eigenvalue weighted by Crippen LogP contribution is 2.15. The van der Waals surface area contributed by atoms with Crippen LogP contribution in [0.3, 0.4) is 0 Å². The van der Waals surface area contributed by atoms with Gasteiger partial charge < -0.3 is 0 Å². The third-order valence-electron chi connectivity index (χ3n) is 1.38. The smallest absolute Gasteiger partial charge is 0.0267 e. The summed E-state index contributed by atoms with van der Waals surface area (Å²) in [6, 6.07) is 0. The monoisotopic (exact) mass is 405 g/mol. The van der Waals surface area contributed by atoms with Crippen LogP contribution in [0, 0.1) is 0 Å². The minimum atomic E-state index is -5.55. The molecule has 0 amide bonds. The topological polar surface area (TPSA) is 0 Å². The van der Waals surface area contributed by atoms with Gasteiger partial charge in [0.15, 0.2) is 0 Å². The Morgan fingerprint density at radius 2 is 0.480 bits per heavy atom. The molecule has 0 heteroatoms. The largest absolute Gasteiger partial charge is 0.0654 e. The Hall–Kier alpha value is 0. The molecule has 0 radical (unpaired) electrons. The molecule has 0 aliphatic carbocycles. The Balaban J connectivity index is 8.22. The third-order valence-corrected chi connectivity index (χ3v) is 1.38. The van der Waals surface area contributed by atoms with E-state index < -0.39 is 160 Å². The van der Waals surface area contributed by atoms with E-state index in [1.807, 2.05) is 0 Å². The third kappa shape index (κ3) is 24.0. The Labute approximate surface area is 235 Å². The maximum Gasteiger partial charge on any atom is 0.0267 e. The van der Waals surface area contributed by atoms with Gasteiger partial charge in [-0.3, -0.25) is 0 Å². The van der Waals surface area contributed by atoms with Gasteiger partial charge in [-0.25, -0.2) is 0 Å². The van der Waals surface area contributed by atoms with E-state index in [0.717, 1.165) is 0 Å². The fourth-order valence-electron chi connectivity index (χ4n) is 0.656. The van der Waals surface area contributed by atoms with Crippen LogP contribution in [0.5, 0.6) is 0 Å². The Morgan fingerprint density at radius 1 is 0.320 bits per heavy atom. The van der Waals surface area contributed by atoms with E-state index in [4.69, 9.17) is 71.3 Å². The van der Waals surface area contributed by atoms with Crippen LogP contribution >= 0.6 is 0 Å². The molecule has 0 saturated carbocycles. The number of hydrogen-bond donors (Lipinski definition) is 0. The fourth-order valence-corrected chi connectivity index (χ4v) is 0.656. The zero-order chi connectivity index (χ0) is 64.5. The molecule has 152 valence electrons. The van der Waals surface area contributed by atoms with Crippen molar-refractivity contribution in [3.63, 3.8) is 0 Å². The van der Waals surface area contributed by atoms with Gasteiger partial charge >= 0.3 is 0 Å². The Bertz CT molecular complexity index is 1980. The predicted octanol–water partition coefficient (Wildman–Crippen LogP) is 10.00. The van der Waals surface area contributed by atoms with Crippen LogP contribution in [0.4, 0.5) is 0 Å². The molecule has 0 aliphatic heterocycles. The summed E-state index contributed by atoms with van der Waals surface area (Å²) in [6.07, 6.45) is -121. The molecule has 0 bridgehead atoms. The van der Waals surface area contributed by atoms with Gasteiger partial charge in [0.1, 0.15) is 0 Å². The van der Waals surface area contributed by atoms with E-state index in [-0.39, 0.29) is 0 Å². The first-order valence-electron chi connectivity index (χ1n) is 32.0. The first kappa shape index (κ1) is 2.49. The van der Waals surface area contributed by atoms with Crippen LogP contribution in [-0.2, 0) is 0 Å². The minimum Gasteiger partial charge on any atom is -0.0654 e. The summed E-state index contributed by atoms with van der Waals surface area (Å²) in [5, 5.41) is 0. The van der Waals surface area contributed by atoms with Crippen molar-refractivity contribution in [2.75, 3.05) is 0 Å². The summed E-state index contributed by atoms with van der Waals surface area (Å²) in [5.41, 5.74) is 0. The lowest BCUT2D eigenvalue weighted by molar-refractivity contribution is 0.519. The van der Waals surface area contributed by atoms with Crippen molar-refractivity contribution in [1.82, 2.24) is 0 Å². The molecular formula is C25H52. The molecule has 0 rings (SSSR count). The van der Waals surface area contributed by atoms with E-state index in [9.17, 15) is 0 Å². The van der Waals surface area contributed by atoms with Gasteiger partial charge in [0, 0.05) is 71.3 Å². The minimum absolute atomic E-state index is 4.25. The maximum absolute atomic E-state index is 8.38. The van der Waals surface area contributed by atoms with Crippen molar-refractivity contribution in [2.45, 2.75) is 160 Å². The second kappa shape index (κ2) is 24.0. The lowest BCUT2D eigenvalue weighted by Gasteiger charge is -2.04. The number of rotatable bonds is 22. The second-order valence-electron chi connectivity index (χ2n) is 2.88. The van der Waals surface area contributed by atoms with Crippen molar-refractivity contribution in [2.24, 2.45) is 0 Å². The van der Waals surface area contributed by atoms with E-state index >= 15 is 0 Å². The normalized spacial score (nSPS) is 56.3. The molecule has 0 spiro atoms. The zero-order valence-electron chi connectivity index (χ0n) is 64.5. The molecule has 0 fully saturated rings. The Morgan fingerprint density at radius 3 is 0.640 bits per heavy atom. The average molecular weight is 405 g/mol. The van der Waals surface area contributed by atoms with Crippen LogP contribution in [0.2, 0.25) is 0 Å². The van der Waals surface area contributed by atoms with Gasteiger partial charge in [0.2, 0.25) is 0 Å². The van der Waals surface area contributed by atoms with E-state index in [1.54, 1.807) is 0 Å². The first-order valence-corrected chi connectivity index (χ1v) is 6.00. The molecule has 25 heavy (non-hydrogen) atoms. The SMILES string of the molecule is [2H]C([2H])([2H])C([2H])([2H])C([2H])([2H])C([2H])([2H])C([2H])([2H])C([2H])([2H])C([2H])([2H])C([2H])([2H])C([2H])([2H])C([2H])([2H])C([2H])([2H])C([2H])([2H])C([2H])([2H])C([2H])([2H])C([2H])([2H])C([2H])([2H])C([2H])([2H])C([2H])([2H])C([2H])([2H])C([2H])([2H])C([2H])([2H])C([2H])([2H])C([2H])([2H])C([2H])([2H])C([2H])([2H])[2H]. The summed E-state index contributed by atoms with van der Waals surface area (Å²) in [7, 11) is 0. The lowest BCUT2D eigenvalue weighted by atomic mass is 10.0. The molecule has 0 unspecified atom stereocenters. The van der Waals surface area contributed by atoms with Crippen molar-refractivity contribution >= 4 is 0 Å². The van der Waals surface area contributed by atoms with Gasteiger partial charge in [-0.15, -0.1) is 0 Å². The van der Waals surface area contributed by atoms with E-state index in [0.29, 0.717) is 0 Å². The summed E-state index contributed by atoms with van der Waals surface area (Å²) >= 11 is 0. The lowest BCUT2D eigenvalue weighted by Crippen LogP contribution is -1.84. The predicted molar refractivity (Wildman–Crippen MR) is 118 cm³/mol. The van der Waals surface area contributed by atoms with Gasteiger partial charge in [0.25, 0.3) is 0 Å². The summed E-state index contributed by atoms with van der Waals surface area (Å²) in [4.78, 5) is 0. The van der Waals surface area contributed by atoms with Crippen LogP contribution < -0.4 is 0 Å². The van der Waals surface area contributed by atoms with Gasteiger partial charge in [-0.2, -0.15) is 0 Å². The molecule has 0 N–H and O–H groups in total. The molecule has 0 aromatic carbocycles. The summed E-state index contributed by atoms with van der Waals surface area (Å²) in [5.74, 6) is 0. The van der Waals surface area contributed by atoms with Gasteiger partial charge in [0.05, 0.1) is 0 Å². The van der Waals surface area contributed by atoms with Crippen LogP contribution in [0.25, 0.3) is 0 Å². The highest BCUT2D eigenvalue weighted by molar-refractivity contribution is 4.51. The van der Waals surface area contributed by atoms with Crippen molar-refractivity contribution < 1.29 is 71.3 Å². The van der Waals surface area contributed by atoms with Crippen LogP contribution in [0.15, 0.2) is 0 Å². The van der Waals surface area contributed by atoms with Crippen molar-refractivity contribution in [3.05, 3.63) is 0 Å².